The van der Waals surface area contributed by atoms with Crippen LogP contribution in [0.4, 0.5) is 5.82 Å². The normalized spacial score (nSPS) is 29.4. The first-order chi connectivity index (χ1) is 15.5. The van der Waals surface area contributed by atoms with Crippen LogP contribution in [0.2, 0.25) is 0 Å². The number of carbonyl (C=O) groups is 1. The molecule has 4 atom stereocenters. The molecule has 6 nitrogen and oxygen atoms in total. The highest BCUT2D eigenvalue weighted by molar-refractivity contribution is 5.80. The molecule has 2 aromatic rings. The van der Waals surface area contributed by atoms with Gasteiger partial charge in [-0.1, -0.05) is 55.8 Å². The molecule has 0 saturated carbocycles. The van der Waals surface area contributed by atoms with E-state index < -0.39 is 0 Å². The number of hydrogen-bond donors (Lipinski definition) is 0. The molecular formula is C26H28N5O. The summed E-state index contributed by atoms with van der Waals surface area (Å²) in [5.41, 5.74) is 3.07. The van der Waals surface area contributed by atoms with Gasteiger partial charge in [-0.25, -0.2) is 0 Å². The SMILES string of the molecule is C[C@@H]1CN(C(=O)[C@H]2CCN(c3ccc(C#N)nn3)C2)C[C@H](C)C1(C1=C[CH]1)c1ccccc1. The van der Waals surface area contributed by atoms with E-state index >= 15 is 0 Å². The van der Waals surface area contributed by atoms with Crippen LogP contribution in [0, 0.1) is 35.5 Å². The fourth-order valence-corrected chi connectivity index (χ4v) is 6.01. The first-order valence-corrected chi connectivity index (χ1v) is 11.4. The summed E-state index contributed by atoms with van der Waals surface area (Å²) in [5, 5.41) is 17.0. The molecule has 6 heteroatoms. The van der Waals surface area contributed by atoms with E-state index in [-0.39, 0.29) is 17.2 Å². The Morgan fingerprint density at radius 1 is 1.06 bits per heavy atom. The molecule has 32 heavy (non-hydrogen) atoms. The Bertz CT molecular complexity index is 1060. The number of nitriles is 1. The molecule has 1 aromatic carbocycles. The van der Waals surface area contributed by atoms with Crippen LogP contribution >= 0.6 is 0 Å². The van der Waals surface area contributed by atoms with Crippen molar-refractivity contribution in [1.29, 1.82) is 5.26 Å². The smallest absolute Gasteiger partial charge is 0.227 e. The summed E-state index contributed by atoms with van der Waals surface area (Å²) in [6.07, 6.45) is 5.30. The van der Waals surface area contributed by atoms with Gasteiger partial charge < -0.3 is 9.80 Å². The Morgan fingerprint density at radius 3 is 2.38 bits per heavy atom. The highest BCUT2D eigenvalue weighted by Crippen LogP contribution is 2.53. The predicted octanol–water partition coefficient (Wildman–Crippen LogP) is 3.37. The topological polar surface area (TPSA) is 73.1 Å². The van der Waals surface area contributed by atoms with Gasteiger partial charge in [0.1, 0.15) is 6.07 Å². The van der Waals surface area contributed by atoms with Crippen molar-refractivity contribution in [2.24, 2.45) is 17.8 Å². The van der Waals surface area contributed by atoms with E-state index in [1.807, 2.05) is 12.1 Å². The summed E-state index contributed by atoms with van der Waals surface area (Å²) in [7, 11) is 0. The number of amides is 1. The van der Waals surface area contributed by atoms with Gasteiger partial charge in [-0.15, -0.1) is 10.2 Å². The van der Waals surface area contributed by atoms with Gasteiger partial charge in [0.05, 0.1) is 5.92 Å². The van der Waals surface area contributed by atoms with Crippen molar-refractivity contribution in [3.05, 3.63) is 71.8 Å². The molecule has 1 radical (unpaired) electrons. The monoisotopic (exact) mass is 426 g/mol. The molecule has 1 aliphatic carbocycles. The molecule has 2 fully saturated rings. The zero-order valence-electron chi connectivity index (χ0n) is 18.6. The summed E-state index contributed by atoms with van der Waals surface area (Å²) in [4.78, 5) is 17.7. The van der Waals surface area contributed by atoms with Gasteiger partial charge in [-0.3, -0.25) is 4.79 Å². The van der Waals surface area contributed by atoms with E-state index in [9.17, 15) is 4.79 Å². The number of allylic oxidation sites excluding steroid dienone is 2. The number of benzene rings is 1. The summed E-state index contributed by atoms with van der Waals surface area (Å²) < 4.78 is 0. The van der Waals surface area contributed by atoms with E-state index in [1.54, 1.807) is 6.07 Å². The molecule has 0 N–H and O–H groups in total. The fraction of sp³-hybridized carbons (Fsp3) is 0.423. The van der Waals surface area contributed by atoms with Crippen LogP contribution in [0.25, 0.3) is 0 Å². The zero-order chi connectivity index (χ0) is 22.3. The van der Waals surface area contributed by atoms with Crippen molar-refractivity contribution in [2.75, 3.05) is 31.1 Å². The van der Waals surface area contributed by atoms with Crippen molar-refractivity contribution >= 4 is 11.7 Å². The molecule has 1 amide bonds. The largest absolute Gasteiger partial charge is 0.354 e. The van der Waals surface area contributed by atoms with Crippen LogP contribution in [0.5, 0.6) is 0 Å². The zero-order valence-corrected chi connectivity index (χ0v) is 18.6. The second-order valence-electron chi connectivity index (χ2n) is 9.39. The number of anilines is 1. The number of aromatic nitrogens is 2. The van der Waals surface area contributed by atoms with E-state index in [2.05, 4.69) is 76.7 Å². The van der Waals surface area contributed by atoms with E-state index in [4.69, 9.17) is 5.26 Å². The molecule has 3 aliphatic rings. The van der Waals surface area contributed by atoms with Gasteiger partial charge in [-0.05, 0) is 36.0 Å². The highest BCUT2D eigenvalue weighted by atomic mass is 16.2. The third kappa shape index (κ3) is 3.37. The predicted molar refractivity (Wildman–Crippen MR) is 122 cm³/mol. The molecular weight excluding hydrogens is 398 g/mol. The molecule has 0 bridgehead atoms. The third-order valence-corrected chi connectivity index (χ3v) is 7.54. The minimum Gasteiger partial charge on any atom is -0.354 e. The third-order valence-electron chi connectivity index (χ3n) is 7.54. The lowest BCUT2D eigenvalue weighted by atomic mass is 9.59. The number of likely N-dealkylation sites (tertiary alicyclic amines) is 1. The maximum absolute atomic E-state index is 13.5. The molecule has 2 saturated heterocycles. The van der Waals surface area contributed by atoms with Crippen LogP contribution < -0.4 is 4.90 Å². The molecule has 1 unspecified atom stereocenters. The Kier molecular flexibility index (Phi) is 5.21. The molecule has 163 valence electrons. The van der Waals surface area contributed by atoms with Gasteiger partial charge in [0.25, 0.3) is 0 Å². The van der Waals surface area contributed by atoms with Crippen molar-refractivity contribution in [3.8, 4) is 6.07 Å². The van der Waals surface area contributed by atoms with Crippen LogP contribution in [0.15, 0.2) is 54.1 Å². The molecule has 0 spiro atoms. The number of hydrogen-bond acceptors (Lipinski definition) is 5. The van der Waals surface area contributed by atoms with E-state index in [0.29, 0.717) is 24.1 Å². The quantitative estimate of drug-likeness (QED) is 0.750. The summed E-state index contributed by atoms with van der Waals surface area (Å²) >= 11 is 0. The Morgan fingerprint density at radius 2 is 1.78 bits per heavy atom. The number of piperidine rings is 1. The standard InChI is InChI=1S/C26H28N5O/c1-18-15-31(16-19(2)26(18,22-8-9-22)21-6-4-3-5-7-21)25(32)20-12-13-30(17-20)24-11-10-23(14-27)28-29-24/h3-11,18-20H,12-13,15-17H2,1-2H3/t18-,19+,20-,26?/m0/s1. The number of carbonyl (C=O) groups excluding carboxylic acids is 1. The van der Waals surface area contributed by atoms with Gasteiger partial charge in [0.15, 0.2) is 11.5 Å². The molecule has 2 aliphatic heterocycles. The van der Waals surface area contributed by atoms with Crippen LogP contribution in [0.1, 0.15) is 31.5 Å². The highest BCUT2D eigenvalue weighted by Gasteiger charge is 2.52. The second-order valence-corrected chi connectivity index (χ2v) is 9.39. The van der Waals surface area contributed by atoms with Crippen molar-refractivity contribution in [3.63, 3.8) is 0 Å². The van der Waals surface area contributed by atoms with Gasteiger partial charge >= 0.3 is 0 Å². The van der Waals surface area contributed by atoms with Crippen molar-refractivity contribution in [1.82, 2.24) is 15.1 Å². The van der Waals surface area contributed by atoms with E-state index in [1.165, 1.54) is 11.1 Å². The van der Waals surface area contributed by atoms with E-state index in [0.717, 1.165) is 31.9 Å². The Balaban J connectivity index is 1.30. The minimum absolute atomic E-state index is 0.0160. The lowest BCUT2D eigenvalue weighted by Crippen LogP contribution is -2.56. The first kappa shape index (κ1) is 20.7. The summed E-state index contributed by atoms with van der Waals surface area (Å²) in [6, 6.07) is 16.3. The molecule has 1 aromatic heterocycles. The second kappa shape index (κ2) is 8.05. The van der Waals surface area contributed by atoms with Gasteiger partial charge in [0.2, 0.25) is 5.91 Å². The number of nitrogens with zero attached hydrogens (tertiary/aromatic N) is 5. The maximum atomic E-state index is 13.5. The van der Waals surface area contributed by atoms with Gasteiger partial charge in [-0.2, -0.15) is 5.26 Å². The van der Waals surface area contributed by atoms with Crippen LogP contribution in [-0.2, 0) is 10.2 Å². The molecule has 5 rings (SSSR count). The van der Waals surface area contributed by atoms with Crippen LogP contribution in [0.3, 0.4) is 0 Å². The Labute approximate surface area is 189 Å². The summed E-state index contributed by atoms with van der Waals surface area (Å²) in [6.45, 7) is 7.58. The minimum atomic E-state index is -0.0252. The average molecular weight is 427 g/mol. The van der Waals surface area contributed by atoms with Gasteiger partial charge in [0, 0.05) is 38.0 Å². The average Bonchev–Trinajstić information content (AvgIpc) is 3.55. The van der Waals surface area contributed by atoms with Crippen molar-refractivity contribution < 1.29 is 4.79 Å². The lowest BCUT2D eigenvalue weighted by Gasteiger charge is -2.51. The summed E-state index contributed by atoms with van der Waals surface area (Å²) in [5.74, 6) is 1.64. The molecule has 3 heterocycles. The number of rotatable bonds is 4. The maximum Gasteiger partial charge on any atom is 0.227 e. The Hall–Kier alpha value is -3.20. The lowest BCUT2D eigenvalue weighted by molar-refractivity contribution is -0.139. The first-order valence-electron chi connectivity index (χ1n) is 11.4. The van der Waals surface area contributed by atoms with Crippen molar-refractivity contribution in [2.45, 2.75) is 25.7 Å². The fourth-order valence-electron chi connectivity index (χ4n) is 6.01. The van der Waals surface area contributed by atoms with Crippen LogP contribution in [-0.4, -0.2) is 47.2 Å².